The Morgan fingerprint density at radius 3 is 2.88 bits per heavy atom. The van der Waals surface area contributed by atoms with Crippen LogP contribution >= 0.6 is 0 Å². The number of nitrogens with zero attached hydrogens (tertiary/aromatic N) is 3. The number of carbonyl (C=O) groups is 1. The van der Waals surface area contributed by atoms with Gasteiger partial charge >= 0.3 is 6.18 Å². The summed E-state index contributed by atoms with van der Waals surface area (Å²) in [5.41, 5.74) is -0.884. The van der Waals surface area contributed by atoms with Crippen LogP contribution in [0.3, 0.4) is 0 Å². The molecule has 1 aromatic rings. The van der Waals surface area contributed by atoms with Crippen molar-refractivity contribution in [3.63, 3.8) is 0 Å². The number of hydrogen-bond donors (Lipinski definition) is 1. The molecule has 0 aliphatic carbocycles. The van der Waals surface area contributed by atoms with Gasteiger partial charge in [0, 0.05) is 43.1 Å². The number of anilines is 1. The molecule has 2 aliphatic rings. The third kappa shape index (κ3) is 3.58. The van der Waals surface area contributed by atoms with Crippen LogP contribution in [0.15, 0.2) is 35.5 Å². The Morgan fingerprint density at radius 1 is 1.38 bits per heavy atom. The molecular formula is C18H17F3N4O. The largest absolute Gasteiger partial charge is 0.417 e. The van der Waals surface area contributed by atoms with Gasteiger partial charge in [0.1, 0.15) is 5.84 Å². The van der Waals surface area contributed by atoms with Gasteiger partial charge in [0.15, 0.2) is 6.29 Å². The Morgan fingerprint density at radius 2 is 2.19 bits per heavy atom. The van der Waals surface area contributed by atoms with Gasteiger partial charge in [0.2, 0.25) is 0 Å². The zero-order chi connectivity index (χ0) is 18.7. The first-order valence-corrected chi connectivity index (χ1v) is 8.05. The molecule has 1 aromatic carbocycles. The second-order valence-electron chi connectivity index (χ2n) is 5.95. The number of benzene rings is 1. The van der Waals surface area contributed by atoms with Crippen LogP contribution in [0.5, 0.6) is 0 Å². The third-order valence-corrected chi connectivity index (χ3v) is 4.35. The first-order chi connectivity index (χ1) is 12.4. The highest BCUT2D eigenvalue weighted by Gasteiger charge is 2.35. The highest BCUT2D eigenvalue weighted by atomic mass is 19.4. The van der Waals surface area contributed by atoms with Crippen LogP contribution in [0.1, 0.15) is 15.9 Å². The van der Waals surface area contributed by atoms with Gasteiger partial charge < -0.3 is 10.2 Å². The van der Waals surface area contributed by atoms with E-state index in [0.29, 0.717) is 37.7 Å². The molecule has 0 spiro atoms. The average Bonchev–Trinajstić information content (AvgIpc) is 2.67. The molecular weight excluding hydrogens is 345 g/mol. The first-order valence-electron chi connectivity index (χ1n) is 8.05. The second-order valence-corrected chi connectivity index (χ2v) is 5.95. The molecule has 2 aliphatic heterocycles. The van der Waals surface area contributed by atoms with Gasteiger partial charge in [-0.1, -0.05) is 6.42 Å². The standard InChI is InChI=1S/C18H17F3N4O/c1-2-24-8-3-6-23-17(24)16-11-25(9-7-22-16)14-5-4-13(12-26)15(10-14)18(19,20)21/h1,3-6,10,12,16,22H,7-9,11H2. The van der Waals surface area contributed by atoms with E-state index >= 15 is 0 Å². The van der Waals surface area contributed by atoms with Gasteiger partial charge in [-0.15, -0.1) is 0 Å². The highest BCUT2D eigenvalue weighted by Crippen LogP contribution is 2.34. The molecule has 0 saturated carbocycles. The Bertz CT molecular complexity index is 795. The van der Waals surface area contributed by atoms with Crippen LogP contribution in [0.4, 0.5) is 18.9 Å². The summed E-state index contributed by atoms with van der Waals surface area (Å²) in [6, 6.07) is 6.11. The molecule has 0 amide bonds. The molecule has 1 saturated heterocycles. The number of hydrogen-bond acceptors (Lipinski definition) is 5. The molecule has 0 bridgehead atoms. The Hall–Kier alpha value is -2.79. The quantitative estimate of drug-likeness (QED) is 0.661. The maximum atomic E-state index is 13.2. The van der Waals surface area contributed by atoms with Crippen LogP contribution in [0.25, 0.3) is 0 Å². The minimum Gasteiger partial charge on any atom is -0.368 e. The van der Waals surface area contributed by atoms with E-state index in [1.807, 2.05) is 11.0 Å². The van der Waals surface area contributed by atoms with Crippen molar-refractivity contribution in [1.82, 2.24) is 10.2 Å². The van der Waals surface area contributed by atoms with Crippen molar-refractivity contribution in [1.29, 1.82) is 0 Å². The molecule has 1 unspecified atom stereocenters. The number of nitrogens with one attached hydrogen (secondary N) is 1. The van der Waals surface area contributed by atoms with Crippen molar-refractivity contribution >= 4 is 17.8 Å². The minimum atomic E-state index is -4.59. The van der Waals surface area contributed by atoms with Crippen LogP contribution in [-0.2, 0) is 6.18 Å². The lowest BCUT2D eigenvalue weighted by Crippen LogP contribution is -2.57. The maximum Gasteiger partial charge on any atom is 0.417 e. The fraction of sp³-hybridized carbons (Fsp3) is 0.333. The van der Waals surface area contributed by atoms with Gasteiger partial charge in [0.25, 0.3) is 0 Å². The molecule has 8 heteroatoms. The van der Waals surface area contributed by atoms with Crippen molar-refractivity contribution in [2.45, 2.75) is 12.2 Å². The molecule has 0 aromatic heterocycles. The predicted molar refractivity (Wildman–Crippen MR) is 92.9 cm³/mol. The molecule has 136 valence electrons. The van der Waals surface area contributed by atoms with Crippen LogP contribution in [0, 0.1) is 12.5 Å². The summed E-state index contributed by atoms with van der Waals surface area (Å²) < 4.78 is 39.6. The summed E-state index contributed by atoms with van der Waals surface area (Å²) in [4.78, 5) is 18.7. The van der Waals surface area contributed by atoms with E-state index in [9.17, 15) is 18.0 Å². The van der Waals surface area contributed by atoms with E-state index in [2.05, 4.69) is 16.4 Å². The summed E-state index contributed by atoms with van der Waals surface area (Å²) in [6.45, 7) is 2.07. The number of alkyl halides is 3. The highest BCUT2D eigenvalue weighted by molar-refractivity contribution is 5.91. The van der Waals surface area contributed by atoms with Gasteiger partial charge in [-0.3, -0.25) is 9.69 Å². The van der Waals surface area contributed by atoms with Gasteiger partial charge in [-0.2, -0.15) is 13.2 Å². The van der Waals surface area contributed by atoms with Gasteiger partial charge in [-0.25, -0.2) is 4.99 Å². The van der Waals surface area contributed by atoms with Crippen molar-refractivity contribution in [3.05, 3.63) is 41.6 Å². The number of aliphatic imine (C=N–C) groups is 1. The smallest absolute Gasteiger partial charge is 0.368 e. The summed E-state index contributed by atoms with van der Waals surface area (Å²) in [5, 5.41) is 3.30. The Labute approximate surface area is 149 Å². The average molecular weight is 362 g/mol. The summed E-state index contributed by atoms with van der Waals surface area (Å²) in [5.74, 6) is 0.667. The van der Waals surface area contributed by atoms with E-state index in [4.69, 9.17) is 6.42 Å². The van der Waals surface area contributed by atoms with Gasteiger partial charge in [-0.05, 0) is 24.3 Å². The first kappa shape index (κ1) is 18.0. The van der Waals surface area contributed by atoms with E-state index in [1.54, 1.807) is 11.1 Å². The molecule has 3 rings (SSSR count). The van der Waals surface area contributed by atoms with Crippen molar-refractivity contribution in [2.24, 2.45) is 4.99 Å². The molecule has 26 heavy (non-hydrogen) atoms. The molecule has 5 nitrogen and oxygen atoms in total. The fourth-order valence-electron chi connectivity index (χ4n) is 3.09. The lowest BCUT2D eigenvalue weighted by Gasteiger charge is -2.38. The maximum absolute atomic E-state index is 13.2. The third-order valence-electron chi connectivity index (χ3n) is 4.35. The number of piperazine rings is 1. The molecule has 1 atom stereocenters. The SMILES string of the molecule is C#CN1CC=CN=C1C1CN(c2ccc(C=O)c(C(F)(F)F)c2)CCN1. The predicted octanol–water partition coefficient (Wildman–Crippen LogP) is 2.11. The number of terminal acetylenes is 1. The second kappa shape index (κ2) is 7.22. The summed E-state index contributed by atoms with van der Waals surface area (Å²) in [6.07, 6.45) is 4.65. The summed E-state index contributed by atoms with van der Waals surface area (Å²) >= 11 is 0. The fourth-order valence-corrected chi connectivity index (χ4v) is 3.09. The van der Waals surface area contributed by atoms with Crippen LogP contribution in [-0.4, -0.2) is 49.2 Å². The number of amidine groups is 1. The van der Waals surface area contributed by atoms with E-state index in [-0.39, 0.29) is 17.9 Å². The van der Waals surface area contributed by atoms with Crippen molar-refractivity contribution in [2.75, 3.05) is 31.1 Å². The number of carbonyl (C=O) groups excluding carboxylic acids is 1. The monoisotopic (exact) mass is 362 g/mol. The zero-order valence-corrected chi connectivity index (χ0v) is 13.8. The van der Waals surface area contributed by atoms with Gasteiger partial charge in [0.05, 0.1) is 18.2 Å². The number of halogens is 3. The van der Waals surface area contributed by atoms with E-state index in [1.165, 1.54) is 12.1 Å². The Balaban J connectivity index is 1.86. The van der Waals surface area contributed by atoms with Crippen molar-refractivity contribution in [3.8, 4) is 12.5 Å². The molecule has 1 fully saturated rings. The minimum absolute atomic E-state index is 0.204. The lowest BCUT2D eigenvalue weighted by molar-refractivity contribution is -0.137. The number of rotatable bonds is 3. The lowest BCUT2D eigenvalue weighted by atomic mass is 10.1. The molecule has 1 N–H and O–H groups in total. The van der Waals surface area contributed by atoms with Crippen molar-refractivity contribution < 1.29 is 18.0 Å². The van der Waals surface area contributed by atoms with Crippen LogP contribution < -0.4 is 10.2 Å². The van der Waals surface area contributed by atoms with E-state index < -0.39 is 11.7 Å². The molecule has 0 radical (unpaired) electrons. The van der Waals surface area contributed by atoms with E-state index in [0.717, 1.165) is 6.07 Å². The van der Waals surface area contributed by atoms with Crippen LogP contribution in [0.2, 0.25) is 0 Å². The normalized spacial score (nSPS) is 20.5. The molecule has 2 heterocycles. The Kier molecular flexibility index (Phi) is 5.00. The zero-order valence-electron chi connectivity index (χ0n) is 13.8. The topological polar surface area (TPSA) is 47.9 Å². The summed E-state index contributed by atoms with van der Waals surface area (Å²) in [7, 11) is 0. The number of aldehydes is 1.